The molecule has 62 heavy (non-hydrogen) atoms. The number of para-hydroxylation sites is 3. The molecular weight excluding hydrogens is 771 g/mol. The quantitative estimate of drug-likeness (QED) is 0.161. The third-order valence-corrected chi connectivity index (χ3v) is 14.1. The fourth-order valence-electron chi connectivity index (χ4n) is 10.6. The lowest BCUT2D eigenvalue weighted by Gasteiger charge is -2.40. The van der Waals surface area contributed by atoms with Crippen LogP contribution in [-0.2, 0) is 5.41 Å². The maximum Gasteiger partial charge on any atom is 0.132 e. The van der Waals surface area contributed by atoms with Gasteiger partial charge in [-0.05, 0) is 127 Å². The number of hydrogen-bond acceptors (Lipinski definition) is 3. The van der Waals surface area contributed by atoms with E-state index in [0.717, 1.165) is 34.1 Å². The first-order valence-electron chi connectivity index (χ1n) is 21.2. The van der Waals surface area contributed by atoms with Crippen molar-refractivity contribution in [3.05, 3.63) is 246 Å². The van der Waals surface area contributed by atoms with Crippen LogP contribution in [0.3, 0.4) is 0 Å². The third kappa shape index (κ3) is 5.03. The van der Waals surface area contributed by atoms with Gasteiger partial charge >= 0.3 is 0 Å². The number of thiophene rings is 1. The summed E-state index contributed by atoms with van der Waals surface area (Å²) in [4.78, 5) is 2.36. The van der Waals surface area contributed by atoms with Gasteiger partial charge in [-0.1, -0.05) is 158 Å². The van der Waals surface area contributed by atoms with Gasteiger partial charge in [0.15, 0.2) is 0 Å². The van der Waals surface area contributed by atoms with Gasteiger partial charge in [0.1, 0.15) is 11.5 Å². The van der Waals surface area contributed by atoms with Gasteiger partial charge in [-0.2, -0.15) is 0 Å². The molecule has 0 fully saturated rings. The summed E-state index contributed by atoms with van der Waals surface area (Å²) in [5.41, 5.74) is 15.0. The van der Waals surface area contributed by atoms with Gasteiger partial charge in [0.2, 0.25) is 0 Å². The number of anilines is 3. The maximum absolute atomic E-state index is 6.76. The van der Waals surface area contributed by atoms with E-state index in [9.17, 15) is 0 Å². The summed E-state index contributed by atoms with van der Waals surface area (Å²) in [5.74, 6) is 1.79. The summed E-state index contributed by atoms with van der Waals surface area (Å²) in [7, 11) is 0. The number of nitrogens with zero attached hydrogens (tertiary/aromatic N) is 1. The van der Waals surface area contributed by atoms with E-state index in [1.807, 2.05) is 0 Å². The van der Waals surface area contributed by atoms with Crippen molar-refractivity contribution < 1.29 is 4.74 Å². The molecular formula is C59H37NOS. The zero-order chi connectivity index (χ0) is 40.8. The van der Waals surface area contributed by atoms with Gasteiger partial charge in [0.25, 0.3) is 0 Å². The van der Waals surface area contributed by atoms with Crippen molar-refractivity contribution in [1.82, 2.24) is 0 Å². The maximum atomic E-state index is 6.76. The Labute approximate surface area is 364 Å². The summed E-state index contributed by atoms with van der Waals surface area (Å²) in [6.07, 6.45) is 0. The summed E-state index contributed by atoms with van der Waals surface area (Å²) < 4.78 is 8.06. The second-order valence-corrected chi connectivity index (χ2v) is 17.3. The standard InChI is InChI=1S/C59H37NOS/c1-2-16-41(17-3-1)60(43-18-14-15-40(35-43)50-37-62-56-28-13-8-21-46(50)56)42-32-29-38(30-33-42)39-31-34-49-53(36-39)59(51-24-9-11-26-54(51)61-55-27-12-10-25-52(55)59)58-48-23-7-5-20-45(48)44-19-4-6-22-47(44)57(49)58/h1-37H. The highest BCUT2D eigenvalue weighted by molar-refractivity contribution is 7.17. The lowest BCUT2D eigenvalue weighted by molar-refractivity contribution is 0.437. The molecule has 2 aliphatic rings. The number of rotatable bonds is 5. The molecule has 0 N–H and O–H groups in total. The highest BCUT2D eigenvalue weighted by Crippen LogP contribution is 2.65. The van der Waals surface area contributed by atoms with Crippen LogP contribution in [0, 0.1) is 0 Å². The normalized spacial score (nSPS) is 13.1. The van der Waals surface area contributed by atoms with E-state index in [0.29, 0.717) is 0 Å². The Morgan fingerprint density at radius 3 is 1.71 bits per heavy atom. The number of benzene rings is 10. The Morgan fingerprint density at radius 2 is 0.952 bits per heavy atom. The number of fused-ring (bicyclic) bond motifs is 15. The number of ether oxygens (including phenoxy) is 1. The molecule has 1 aliphatic carbocycles. The Morgan fingerprint density at radius 1 is 0.371 bits per heavy atom. The molecule has 10 aromatic carbocycles. The molecule has 0 amide bonds. The van der Waals surface area contributed by atoms with E-state index in [-0.39, 0.29) is 0 Å². The molecule has 2 heterocycles. The fraction of sp³-hybridized carbons (Fsp3) is 0.0169. The first kappa shape index (κ1) is 35.1. The van der Waals surface area contributed by atoms with Crippen molar-refractivity contribution in [2.45, 2.75) is 5.41 Å². The van der Waals surface area contributed by atoms with E-state index in [1.165, 1.54) is 81.7 Å². The predicted molar refractivity (Wildman–Crippen MR) is 260 cm³/mol. The van der Waals surface area contributed by atoms with Crippen molar-refractivity contribution in [2.75, 3.05) is 4.90 Å². The fourth-order valence-corrected chi connectivity index (χ4v) is 11.6. The molecule has 0 bridgehead atoms. The summed E-state index contributed by atoms with van der Waals surface area (Å²) >= 11 is 1.80. The molecule has 0 radical (unpaired) electrons. The highest BCUT2D eigenvalue weighted by Gasteiger charge is 2.52. The smallest absolute Gasteiger partial charge is 0.132 e. The average Bonchev–Trinajstić information content (AvgIpc) is 3.91. The zero-order valence-electron chi connectivity index (χ0n) is 33.6. The van der Waals surface area contributed by atoms with Crippen LogP contribution in [-0.4, -0.2) is 0 Å². The molecule has 0 saturated heterocycles. The molecule has 290 valence electrons. The molecule has 0 saturated carbocycles. The van der Waals surface area contributed by atoms with Crippen LogP contribution in [0.25, 0.3) is 65.0 Å². The molecule has 0 unspecified atom stereocenters. The molecule has 3 heteroatoms. The Kier molecular flexibility index (Phi) is 7.72. The third-order valence-electron chi connectivity index (χ3n) is 13.2. The summed E-state index contributed by atoms with van der Waals surface area (Å²) in [6, 6.07) is 79.9. The minimum absolute atomic E-state index is 0.613. The van der Waals surface area contributed by atoms with Crippen molar-refractivity contribution in [3.8, 4) is 44.9 Å². The van der Waals surface area contributed by atoms with Gasteiger partial charge < -0.3 is 9.64 Å². The number of hydrogen-bond donors (Lipinski definition) is 0. The van der Waals surface area contributed by atoms with Gasteiger partial charge in [0, 0.05) is 43.8 Å². The van der Waals surface area contributed by atoms with Crippen LogP contribution < -0.4 is 9.64 Å². The van der Waals surface area contributed by atoms with Crippen molar-refractivity contribution >= 4 is 60.0 Å². The van der Waals surface area contributed by atoms with Crippen LogP contribution in [0.4, 0.5) is 17.1 Å². The van der Waals surface area contributed by atoms with Crippen LogP contribution in [0.2, 0.25) is 0 Å². The first-order chi connectivity index (χ1) is 30.8. The van der Waals surface area contributed by atoms with Crippen LogP contribution in [0.5, 0.6) is 11.5 Å². The van der Waals surface area contributed by atoms with E-state index >= 15 is 0 Å². The van der Waals surface area contributed by atoms with Crippen molar-refractivity contribution in [2.24, 2.45) is 0 Å². The van der Waals surface area contributed by atoms with E-state index in [4.69, 9.17) is 4.74 Å². The van der Waals surface area contributed by atoms with E-state index in [2.05, 4.69) is 229 Å². The lowest BCUT2D eigenvalue weighted by atomic mass is 9.64. The van der Waals surface area contributed by atoms with Crippen LogP contribution in [0.1, 0.15) is 22.3 Å². The molecule has 1 aromatic heterocycles. The lowest BCUT2D eigenvalue weighted by Crippen LogP contribution is -2.32. The minimum atomic E-state index is -0.613. The monoisotopic (exact) mass is 807 g/mol. The topological polar surface area (TPSA) is 12.5 Å². The molecule has 0 atom stereocenters. The van der Waals surface area contributed by atoms with Gasteiger partial charge in [0.05, 0.1) is 5.41 Å². The molecule has 2 nitrogen and oxygen atoms in total. The van der Waals surface area contributed by atoms with Crippen molar-refractivity contribution in [1.29, 1.82) is 0 Å². The molecule has 13 rings (SSSR count). The van der Waals surface area contributed by atoms with E-state index in [1.54, 1.807) is 11.3 Å². The second kappa shape index (κ2) is 13.7. The van der Waals surface area contributed by atoms with E-state index < -0.39 is 5.41 Å². The molecule has 11 aromatic rings. The summed E-state index contributed by atoms with van der Waals surface area (Å²) in [6.45, 7) is 0. The van der Waals surface area contributed by atoms with Crippen LogP contribution >= 0.6 is 11.3 Å². The first-order valence-corrected chi connectivity index (χ1v) is 22.1. The average molecular weight is 808 g/mol. The minimum Gasteiger partial charge on any atom is -0.457 e. The van der Waals surface area contributed by atoms with Gasteiger partial charge in [-0.25, -0.2) is 0 Å². The van der Waals surface area contributed by atoms with Crippen LogP contribution in [0.15, 0.2) is 224 Å². The Balaban J connectivity index is 0.999. The SMILES string of the molecule is c1ccc(N(c2ccc(-c3ccc4c(c3)C3(c5ccccc5Oc5ccccc53)c3c-4c4ccccc4c4ccccc34)cc2)c2cccc(-c3csc4ccccc34)c2)cc1. The zero-order valence-corrected chi connectivity index (χ0v) is 34.4. The van der Waals surface area contributed by atoms with Gasteiger partial charge in [-0.3, -0.25) is 0 Å². The second-order valence-electron chi connectivity index (χ2n) is 16.4. The molecule has 1 spiro atoms. The van der Waals surface area contributed by atoms with Crippen molar-refractivity contribution in [3.63, 3.8) is 0 Å². The molecule has 1 aliphatic heterocycles. The summed E-state index contributed by atoms with van der Waals surface area (Å²) in [5, 5.41) is 8.66. The highest BCUT2D eigenvalue weighted by atomic mass is 32.1. The predicted octanol–water partition coefficient (Wildman–Crippen LogP) is 16.5. The van der Waals surface area contributed by atoms with Gasteiger partial charge in [-0.15, -0.1) is 11.3 Å². The Bertz CT molecular complexity index is 3520. The Hall–Kier alpha value is -7.72. The largest absolute Gasteiger partial charge is 0.457 e.